The van der Waals surface area contributed by atoms with Gasteiger partial charge in [0.2, 0.25) is 5.91 Å². The summed E-state index contributed by atoms with van der Waals surface area (Å²) >= 11 is 6.23. The highest BCUT2D eigenvalue weighted by molar-refractivity contribution is 6.31. The van der Waals surface area contributed by atoms with Gasteiger partial charge in [-0.05, 0) is 47.7 Å². The van der Waals surface area contributed by atoms with Gasteiger partial charge in [-0.2, -0.15) is 0 Å². The lowest BCUT2D eigenvalue weighted by Crippen LogP contribution is -2.43. The van der Waals surface area contributed by atoms with Gasteiger partial charge in [-0.15, -0.1) is 0 Å². The smallest absolute Gasteiger partial charge is 0.317 e. The van der Waals surface area contributed by atoms with Crippen LogP contribution in [0.4, 0.5) is 4.79 Å². The Hall–Kier alpha value is -2.73. The minimum Gasteiger partial charge on any atom is -0.497 e. The van der Waals surface area contributed by atoms with Crippen molar-refractivity contribution >= 4 is 23.5 Å². The molecule has 6 nitrogen and oxygen atoms in total. The van der Waals surface area contributed by atoms with E-state index in [2.05, 4.69) is 5.32 Å². The molecule has 0 saturated carbocycles. The van der Waals surface area contributed by atoms with E-state index in [1.807, 2.05) is 18.2 Å². The van der Waals surface area contributed by atoms with Gasteiger partial charge in [0.15, 0.2) is 0 Å². The number of benzene rings is 2. The van der Waals surface area contributed by atoms with E-state index in [9.17, 15) is 9.59 Å². The Balaban J connectivity index is 1.57. The maximum Gasteiger partial charge on any atom is 0.317 e. The number of hydrogen-bond donors (Lipinski definition) is 2. The predicted octanol–water partition coefficient (Wildman–Crippen LogP) is 2.76. The zero-order chi connectivity index (χ0) is 19.4. The molecule has 1 aliphatic heterocycles. The molecule has 1 heterocycles. The topological polar surface area (TPSA) is 84.7 Å². The molecule has 2 aromatic rings. The number of halogens is 1. The van der Waals surface area contributed by atoms with E-state index in [0.29, 0.717) is 48.8 Å². The monoisotopic (exact) mass is 387 g/mol. The zero-order valence-electron chi connectivity index (χ0n) is 15.1. The fourth-order valence-electron chi connectivity index (χ4n) is 3.29. The molecule has 27 heavy (non-hydrogen) atoms. The molecule has 1 aliphatic rings. The Morgan fingerprint density at radius 1 is 1.30 bits per heavy atom. The summed E-state index contributed by atoms with van der Waals surface area (Å²) in [5.74, 6) is 0.274. The number of nitrogens with one attached hydrogen (secondary N) is 1. The quantitative estimate of drug-likeness (QED) is 0.827. The third kappa shape index (κ3) is 4.34. The average molecular weight is 388 g/mol. The Morgan fingerprint density at radius 2 is 2.11 bits per heavy atom. The first-order valence-corrected chi connectivity index (χ1v) is 9.13. The third-order valence-electron chi connectivity index (χ3n) is 4.75. The van der Waals surface area contributed by atoms with Crippen LogP contribution < -0.4 is 15.8 Å². The number of carbonyl (C=O) groups excluding carboxylic acids is 2. The lowest BCUT2D eigenvalue weighted by molar-refractivity contribution is 0.0999. The van der Waals surface area contributed by atoms with Crippen molar-refractivity contribution in [2.45, 2.75) is 19.4 Å². The number of urea groups is 1. The highest BCUT2D eigenvalue weighted by Gasteiger charge is 2.23. The molecule has 142 valence electrons. The average Bonchev–Trinajstić information content (AvgIpc) is 2.67. The molecule has 0 bridgehead atoms. The second-order valence-corrected chi connectivity index (χ2v) is 6.83. The standard InChI is InChI=1S/C20H22ClN3O3/c1-27-15-6-5-13(18(21)11-15)7-9-23-20(26)24-10-8-16-14(12-24)3-2-4-17(16)19(22)25/h2-6,11H,7-10,12H2,1H3,(H2,22,25)(H,23,26). The maximum absolute atomic E-state index is 12.5. The van der Waals surface area contributed by atoms with Crippen molar-refractivity contribution in [3.63, 3.8) is 0 Å². The summed E-state index contributed by atoms with van der Waals surface area (Å²) in [5.41, 5.74) is 8.84. The van der Waals surface area contributed by atoms with Gasteiger partial charge in [-0.3, -0.25) is 4.79 Å². The predicted molar refractivity (Wildman–Crippen MR) is 104 cm³/mol. The van der Waals surface area contributed by atoms with Gasteiger partial charge in [0.1, 0.15) is 5.75 Å². The first-order chi connectivity index (χ1) is 13.0. The highest BCUT2D eigenvalue weighted by atomic mass is 35.5. The van der Waals surface area contributed by atoms with Crippen LogP contribution in [-0.4, -0.2) is 37.0 Å². The van der Waals surface area contributed by atoms with E-state index in [1.54, 1.807) is 30.2 Å². The van der Waals surface area contributed by atoms with Crippen LogP contribution in [0.3, 0.4) is 0 Å². The number of hydrogen-bond acceptors (Lipinski definition) is 3. The zero-order valence-corrected chi connectivity index (χ0v) is 15.9. The molecule has 0 saturated heterocycles. The number of primary amides is 1. The minimum atomic E-state index is -0.430. The molecule has 3 rings (SSSR count). The van der Waals surface area contributed by atoms with E-state index in [0.717, 1.165) is 16.7 Å². The van der Waals surface area contributed by atoms with Gasteiger partial charge < -0.3 is 20.7 Å². The Kier molecular flexibility index (Phi) is 5.86. The van der Waals surface area contributed by atoms with Crippen LogP contribution in [0.25, 0.3) is 0 Å². The fraction of sp³-hybridized carbons (Fsp3) is 0.300. The van der Waals surface area contributed by atoms with Gasteiger partial charge in [0.25, 0.3) is 0 Å². The number of rotatable bonds is 5. The van der Waals surface area contributed by atoms with Crippen LogP contribution in [-0.2, 0) is 19.4 Å². The molecular weight excluding hydrogens is 366 g/mol. The van der Waals surface area contributed by atoms with Crippen molar-refractivity contribution in [1.29, 1.82) is 0 Å². The second kappa shape index (κ2) is 8.31. The van der Waals surface area contributed by atoms with Crippen molar-refractivity contribution in [1.82, 2.24) is 10.2 Å². The van der Waals surface area contributed by atoms with Crippen molar-refractivity contribution < 1.29 is 14.3 Å². The fourth-order valence-corrected chi connectivity index (χ4v) is 3.55. The molecule has 0 aliphatic carbocycles. The minimum absolute atomic E-state index is 0.130. The normalized spacial score (nSPS) is 13.0. The van der Waals surface area contributed by atoms with Crippen LogP contribution in [0, 0.1) is 0 Å². The number of fused-ring (bicyclic) bond motifs is 1. The van der Waals surface area contributed by atoms with Crippen LogP contribution in [0.2, 0.25) is 5.02 Å². The first-order valence-electron chi connectivity index (χ1n) is 8.75. The summed E-state index contributed by atoms with van der Waals surface area (Å²) < 4.78 is 5.13. The summed E-state index contributed by atoms with van der Waals surface area (Å²) in [6, 6.07) is 10.8. The summed E-state index contributed by atoms with van der Waals surface area (Å²) in [6.45, 7) is 1.49. The number of methoxy groups -OCH3 is 1. The Bertz CT molecular complexity index is 870. The largest absolute Gasteiger partial charge is 0.497 e. The van der Waals surface area contributed by atoms with Gasteiger partial charge in [0, 0.05) is 30.2 Å². The number of nitrogens with two attached hydrogens (primary N) is 1. The molecule has 7 heteroatoms. The molecule has 0 spiro atoms. The van der Waals surface area contributed by atoms with Gasteiger partial charge >= 0.3 is 6.03 Å². The first kappa shape index (κ1) is 19.0. The van der Waals surface area contributed by atoms with E-state index in [-0.39, 0.29) is 6.03 Å². The third-order valence-corrected chi connectivity index (χ3v) is 5.10. The number of ether oxygens (including phenoxy) is 1. The number of carbonyl (C=O) groups is 2. The SMILES string of the molecule is COc1ccc(CCNC(=O)N2CCc3c(cccc3C(N)=O)C2)c(Cl)c1. The van der Waals surface area contributed by atoms with Gasteiger partial charge in [-0.1, -0.05) is 29.8 Å². The lowest BCUT2D eigenvalue weighted by Gasteiger charge is -2.30. The van der Waals surface area contributed by atoms with Gasteiger partial charge in [-0.25, -0.2) is 4.79 Å². The Morgan fingerprint density at radius 3 is 2.81 bits per heavy atom. The van der Waals surface area contributed by atoms with E-state index in [4.69, 9.17) is 22.1 Å². The Labute approximate surface area is 163 Å². The summed E-state index contributed by atoms with van der Waals surface area (Å²) in [5, 5.41) is 3.55. The van der Waals surface area contributed by atoms with E-state index >= 15 is 0 Å². The summed E-state index contributed by atoms with van der Waals surface area (Å²) in [6.07, 6.45) is 1.25. The van der Waals surface area contributed by atoms with Crippen molar-refractivity contribution in [3.05, 3.63) is 63.7 Å². The van der Waals surface area contributed by atoms with Crippen molar-refractivity contribution in [2.75, 3.05) is 20.2 Å². The molecule has 2 aromatic carbocycles. The van der Waals surface area contributed by atoms with Crippen molar-refractivity contribution in [2.24, 2.45) is 5.73 Å². The molecular formula is C20H22ClN3O3. The van der Waals surface area contributed by atoms with E-state index in [1.165, 1.54) is 0 Å². The summed E-state index contributed by atoms with van der Waals surface area (Å²) in [7, 11) is 1.59. The number of amides is 3. The highest BCUT2D eigenvalue weighted by Crippen LogP contribution is 2.23. The molecule has 0 radical (unpaired) electrons. The lowest BCUT2D eigenvalue weighted by atomic mass is 9.94. The molecule has 3 amide bonds. The van der Waals surface area contributed by atoms with Crippen molar-refractivity contribution in [3.8, 4) is 5.75 Å². The van der Waals surface area contributed by atoms with Gasteiger partial charge in [0.05, 0.1) is 7.11 Å². The number of nitrogens with zero attached hydrogens (tertiary/aromatic N) is 1. The van der Waals surface area contributed by atoms with Crippen LogP contribution in [0.1, 0.15) is 27.0 Å². The van der Waals surface area contributed by atoms with Crippen LogP contribution in [0.5, 0.6) is 5.75 Å². The molecule has 0 atom stereocenters. The van der Waals surface area contributed by atoms with Crippen LogP contribution >= 0.6 is 11.6 Å². The van der Waals surface area contributed by atoms with E-state index < -0.39 is 5.91 Å². The van der Waals surface area contributed by atoms with Crippen LogP contribution in [0.15, 0.2) is 36.4 Å². The summed E-state index contributed by atoms with van der Waals surface area (Å²) in [4.78, 5) is 25.8. The molecule has 3 N–H and O–H groups in total. The second-order valence-electron chi connectivity index (χ2n) is 6.42. The molecule has 0 fully saturated rings. The molecule has 0 aromatic heterocycles. The molecule has 0 unspecified atom stereocenters. The maximum atomic E-state index is 12.5.